The molecule has 0 atom stereocenters. The Kier molecular flexibility index (Phi) is 4.84. The fourth-order valence-electron chi connectivity index (χ4n) is 1.74. The van der Waals surface area contributed by atoms with Crippen LogP contribution in [0.5, 0.6) is 0 Å². The van der Waals surface area contributed by atoms with Crippen LogP contribution in [0.2, 0.25) is 5.02 Å². The topological polar surface area (TPSA) is 74.7 Å². The maximum absolute atomic E-state index is 12.6. The standard InChI is InChI=1S/C13H18ClNO4S/c1-9-5-6-11(10(14)7-9)20(18,19)15(8-12(16)17)13(2,3)4/h5-7H,8H2,1-4H3,(H,16,17). The van der Waals surface area contributed by atoms with Gasteiger partial charge in [0, 0.05) is 5.54 Å². The molecule has 0 unspecified atom stereocenters. The zero-order chi connectivity index (χ0) is 15.7. The van der Waals surface area contributed by atoms with Crippen LogP contribution in [0.1, 0.15) is 26.3 Å². The smallest absolute Gasteiger partial charge is 0.318 e. The van der Waals surface area contributed by atoms with Crippen molar-refractivity contribution in [3.05, 3.63) is 28.8 Å². The molecule has 112 valence electrons. The first kappa shape index (κ1) is 16.9. The van der Waals surface area contributed by atoms with E-state index in [0.717, 1.165) is 9.87 Å². The van der Waals surface area contributed by atoms with E-state index in [-0.39, 0.29) is 9.92 Å². The van der Waals surface area contributed by atoms with Gasteiger partial charge in [-0.2, -0.15) is 4.31 Å². The van der Waals surface area contributed by atoms with Crippen molar-refractivity contribution in [1.29, 1.82) is 0 Å². The van der Waals surface area contributed by atoms with Gasteiger partial charge < -0.3 is 5.11 Å². The Morgan fingerprint density at radius 1 is 1.35 bits per heavy atom. The number of aryl methyl sites for hydroxylation is 1. The molecule has 5 nitrogen and oxygen atoms in total. The Morgan fingerprint density at radius 2 is 1.90 bits per heavy atom. The van der Waals surface area contributed by atoms with Crippen molar-refractivity contribution < 1.29 is 18.3 Å². The first-order chi connectivity index (χ1) is 8.96. The second-order valence-corrected chi connectivity index (χ2v) is 7.75. The number of carbonyl (C=O) groups is 1. The van der Waals surface area contributed by atoms with E-state index in [1.54, 1.807) is 33.8 Å². The average molecular weight is 320 g/mol. The minimum Gasteiger partial charge on any atom is -0.480 e. The van der Waals surface area contributed by atoms with Crippen LogP contribution in [-0.4, -0.2) is 35.9 Å². The van der Waals surface area contributed by atoms with Crippen LogP contribution in [0.15, 0.2) is 23.1 Å². The molecule has 7 heteroatoms. The molecule has 0 aromatic heterocycles. The van der Waals surface area contributed by atoms with E-state index in [1.165, 1.54) is 12.1 Å². The molecule has 0 spiro atoms. The molecule has 1 N–H and O–H groups in total. The van der Waals surface area contributed by atoms with Crippen LogP contribution in [0.4, 0.5) is 0 Å². The molecule has 0 fully saturated rings. The summed E-state index contributed by atoms with van der Waals surface area (Å²) in [6.07, 6.45) is 0. The number of halogens is 1. The third-order valence-corrected chi connectivity index (χ3v) is 5.28. The normalized spacial score (nSPS) is 12.7. The number of nitrogens with zero attached hydrogens (tertiary/aromatic N) is 1. The highest BCUT2D eigenvalue weighted by atomic mass is 35.5. The molecule has 0 bridgehead atoms. The quantitative estimate of drug-likeness (QED) is 0.925. The van der Waals surface area contributed by atoms with Crippen molar-refractivity contribution in [3.8, 4) is 0 Å². The molecule has 0 heterocycles. The van der Waals surface area contributed by atoms with Crippen LogP contribution in [0, 0.1) is 6.92 Å². The fraction of sp³-hybridized carbons (Fsp3) is 0.462. The van der Waals surface area contributed by atoms with Gasteiger partial charge in [-0.05, 0) is 45.4 Å². The number of benzene rings is 1. The van der Waals surface area contributed by atoms with Crippen molar-refractivity contribution >= 4 is 27.6 Å². The molecule has 0 radical (unpaired) electrons. The number of carboxylic acid groups (broad SMARTS) is 1. The van der Waals surface area contributed by atoms with Crippen LogP contribution in [-0.2, 0) is 14.8 Å². The van der Waals surface area contributed by atoms with Gasteiger partial charge in [-0.3, -0.25) is 4.79 Å². The summed E-state index contributed by atoms with van der Waals surface area (Å²) in [4.78, 5) is 10.9. The van der Waals surface area contributed by atoms with Crippen molar-refractivity contribution in [1.82, 2.24) is 4.31 Å². The second kappa shape index (κ2) is 5.71. The molecule has 0 saturated carbocycles. The first-order valence-corrected chi connectivity index (χ1v) is 7.79. The Hall–Kier alpha value is -1.11. The van der Waals surface area contributed by atoms with Gasteiger partial charge in [0.2, 0.25) is 10.0 Å². The average Bonchev–Trinajstić information content (AvgIpc) is 2.23. The number of sulfonamides is 1. The number of aliphatic carboxylic acids is 1. The lowest BCUT2D eigenvalue weighted by atomic mass is 10.1. The van der Waals surface area contributed by atoms with E-state index in [1.807, 2.05) is 0 Å². The highest BCUT2D eigenvalue weighted by Gasteiger charge is 2.36. The van der Waals surface area contributed by atoms with E-state index in [2.05, 4.69) is 0 Å². The summed E-state index contributed by atoms with van der Waals surface area (Å²) in [5, 5.41) is 9.02. The van der Waals surface area contributed by atoms with E-state index < -0.39 is 28.1 Å². The van der Waals surface area contributed by atoms with Gasteiger partial charge in [0.05, 0.1) is 5.02 Å². The summed E-state index contributed by atoms with van der Waals surface area (Å²) >= 11 is 5.99. The van der Waals surface area contributed by atoms with Crippen molar-refractivity contribution in [2.75, 3.05) is 6.54 Å². The maximum atomic E-state index is 12.6. The molecule has 0 amide bonds. The van der Waals surface area contributed by atoms with Crippen LogP contribution in [0.3, 0.4) is 0 Å². The van der Waals surface area contributed by atoms with Gasteiger partial charge >= 0.3 is 5.97 Å². The van der Waals surface area contributed by atoms with Crippen LogP contribution in [0.25, 0.3) is 0 Å². The third kappa shape index (κ3) is 3.71. The molecule has 1 aromatic rings. The second-order valence-electron chi connectivity index (χ2n) is 5.51. The van der Waals surface area contributed by atoms with Crippen molar-refractivity contribution in [2.24, 2.45) is 0 Å². The minimum absolute atomic E-state index is 0.0825. The van der Waals surface area contributed by atoms with Crippen molar-refractivity contribution in [3.63, 3.8) is 0 Å². The summed E-state index contributed by atoms with van der Waals surface area (Å²) in [6.45, 7) is 6.08. The zero-order valence-corrected chi connectivity index (χ0v) is 13.4. The molecular formula is C13H18ClNO4S. The summed E-state index contributed by atoms with van der Waals surface area (Å²) in [7, 11) is -3.98. The summed E-state index contributed by atoms with van der Waals surface area (Å²) in [5.41, 5.74) is -0.0414. The highest BCUT2D eigenvalue weighted by Crippen LogP contribution is 2.29. The number of hydrogen-bond donors (Lipinski definition) is 1. The van der Waals surface area contributed by atoms with Gasteiger partial charge in [-0.25, -0.2) is 8.42 Å². The van der Waals surface area contributed by atoms with Gasteiger partial charge in [-0.15, -0.1) is 0 Å². The molecule has 20 heavy (non-hydrogen) atoms. The number of rotatable bonds is 4. The molecule has 1 aromatic carbocycles. The lowest BCUT2D eigenvalue weighted by Crippen LogP contribution is -2.48. The SMILES string of the molecule is Cc1ccc(S(=O)(=O)N(CC(=O)O)C(C)(C)C)c(Cl)c1. The largest absolute Gasteiger partial charge is 0.480 e. The van der Waals surface area contributed by atoms with Crippen molar-refractivity contribution in [2.45, 2.75) is 38.1 Å². The van der Waals surface area contributed by atoms with Gasteiger partial charge in [0.15, 0.2) is 0 Å². The summed E-state index contributed by atoms with van der Waals surface area (Å²) in [5.74, 6) is -1.22. The Morgan fingerprint density at radius 3 is 2.30 bits per heavy atom. The Labute approximate surface area is 124 Å². The third-order valence-electron chi connectivity index (χ3n) is 2.68. The minimum atomic E-state index is -3.98. The van der Waals surface area contributed by atoms with Crippen LogP contribution < -0.4 is 0 Å². The number of carboxylic acids is 1. The van der Waals surface area contributed by atoms with Gasteiger partial charge in [-0.1, -0.05) is 17.7 Å². The van der Waals surface area contributed by atoms with E-state index in [9.17, 15) is 13.2 Å². The Bertz CT molecular complexity index is 620. The lowest BCUT2D eigenvalue weighted by molar-refractivity contribution is -0.138. The highest BCUT2D eigenvalue weighted by molar-refractivity contribution is 7.89. The number of hydrogen-bond acceptors (Lipinski definition) is 3. The molecule has 0 aliphatic carbocycles. The fourth-order valence-corrected chi connectivity index (χ4v) is 4.05. The predicted octanol–water partition coefficient (Wildman–Crippen LogP) is 2.52. The summed E-state index contributed by atoms with van der Waals surface area (Å²) in [6, 6.07) is 4.56. The van der Waals surface area contributed by atoms with E-state index in [4.69, 9.17) is 16.7 Å². The molecular weight excluding hydrogens is 302 g/mol. The molecule has 0 aliphatic heterocycles. The monoisotopic (exact) mass is 319 g/mol. The predicted molar refractivity (Wildman–Crippen MR) is 77.5 cm³/mol. The van der Waals surface area contributed by atoms with Gasteiger partial charge in [0.25, 0.3) is 0 Å². The van der Waals surface area contributed by atoms with Gasteiger partial charge in [0.1, 0.15) is 11.4 Å². The van der Waals surface area contributed by atoms with Crippen LogP contribution >= 0.6 is 11.6 Å². The maximum Gasteiger partial charge on any atom is 0.318 e. The summed E-state index contributed by atoms with van der Waals surface area (Å²) < 4.78 is 26.2. The van der Waals surface area contributed by atoms with E-state index >= 15 is 0 Å². The molecule has 1 rings (SSSR count). The zero-order valence-electron chi connectivity index (χ0n) is 11.8. The lowest BCUT2D eigenvalue weighted by Gasteiger charge is -2.33. The molecule has 0 aliphatic rings. The molecule has 0 saturated heterocycles. The van der Waals surface area contributed by atoms with E-state index in [0.29, 0.717) is 0 Å². The first-order valence-electron chi connectivity index (χ1n) is 5.97. The Balaban J connectivity index is 3.40.